The third-order valence-corrected chi connectivity index (χ3v) is 6.98. The van der Waals surface area contributed by atoms with E-state index in [0.29, 0.717) is 15.8 Å². The van der Waals surface area contributed by atoms with Crippen LogP contribution >= 0.6 is 46.7 Å². The Morgan fingerprint density at radius 1 is 1.06 bits per heavy atom. The van der Waals surface area contributed by atoms with Gasteiger partial charge >= 0.3 is 0 Å². The number of anilines is 1. The molecular formula is C22H24Cl2N4OS2. The van der Waals surface area contributed by atoms with Gasteiger partial charge in [-0.25, -0.2) is 0 Å². The maximum absolute atomic E-state index is 12.4. The summed E-state index contributed by atoms with van der Waals surface area (Å²) in [5, 5.41) is 13.6. The van der Waals surface area contributed by atoms with E-state index in [9.17, 15) is 4.79 Å². The zero-order chi connectivity index (χ0) is 22.4. The summed E-state index contributed by atoms with van der Waals surface area (Å²) in [5.41, 5.74) is 4.10. The largest absolute Gasteiger partial charge is 0.325 e. The van der Waals surface area contributed by atoms with Crippen molar-refractivity contribution in [1.29, 1.82) is 0 Å². The highest BCUT2D eigenvalue weighted by molar-refractivity contribution is 7.99. The fourth-order valence-corrected chi connectivity index (χ4v) is 5.46. The van der Waals surface area contributed by atoms with Crippen LogP contribution in [-0.4, -0.2) is 26.4 Å². The van der Waals surface area contributed by atoms with E-state index < -0.39 is 0 Å². The van der Waals surface area contributed by atoms with Crippen molar-refractivity contribution in [2.45, 2.75) is 44.0 Å². The van der Waals surface area contributed by atoms with Crippen molar-refractivity contribution in [2.75, 3.05) is 11.1 Å². The van der Waals surface area contributed by atoms with Crippen LogP contribution < -0.4 is 5.32 Å². The molecule has 9 heteroatoms. The summed E-state index contributed by atoms with van der Waals surface area (Å²) in [6.07, 6.45) is 0. The number of amides is 1. The number of nitrogens with one attached hydrogen (secondary N) is 1. The van der Waals surface area contributed by atoms with Crippen molar-refractivity contribution in [1.82, 2.24) is 14.8 Å². The van der Waals surface area contributed by atoms with Gasteiger partial charge in [-0.1, -0.05) is 47.1 Å². The topological polar surface area (TPSA) is 59.8 Å². The summed E-state index contributed by atoms with van der Waals surface area (Å²) in [6, 6.07) is 11.5. The van der Waals surface area contributed by atoms with E-state index in [2.05, 4.69) is 21.6 Å². The van der Waals surface area contributed by atoms with Crippen molar-refractivity contribution in [3.8, 4) is 0 Å². The highest BCUT2D eigenvalue weighted by Crippen LogP contribution is 2.27. The van der Waals surface area contributed by atoms with Gasteiger partial charge in [-0.05, 0) is 61.7 Å². The van der Waals surface area contributed by atoms with Gasteiger partial charge in [-0.3, -0.25) is 4.79 Å². The molecule has 0 radical (unpaired) electrons. The van der Waals surface area contributed by atoms with Crippen molar-refractivity contribution >= 4 is 58.3 Å². The van der Waals surface area contributed by atoms with Gasteiger partial charge in [0, 0.05) is 28.0 Å². The molecule has 164 valence electrons. The third-order valence-electron chi connectivity index (χ3n) is 4.45. The Bertz CT molecular complexity index is 1050. The number of hydrogen-bond acceptors (Lipinski definition) is 5. The Morgan fingerprint density at radius 3 is 2.48 bits per heavy atom. The number of benzene rings is 2. The van der Waals surface area contributed by atoms with Crippen molar-refractivity contribution in [3.63, 3.8) is 0 Å². The van der Waals surface area contributed by atoms with E-state index in [0.717, 1.165) is 45.7 Å². The molecule has 0 bridgehead atoms. The Balaban J connectivity index is 1.54. The Kier molecular flexibility index (Phi) is 8.72. The molecular weight excluding hydrogens is 471 g/mol. The molecule has 0 aliphatic carbocycles. The third kappa shape index (κ3) is 6.91. The summed E-state index contributed by atoms with van der Waals surface area (Å²) >= 11 is 15.3. The first kappa shape index (κ1) is 24.0. The molecule has 3 rings (SSSR count). The number of nitrogens with zero attached hydrogens (tertiary/aromatic N) is 3. The minimum atomic E-state index is -0.0611. The molecule has 0 spiro atoms. The predicted octanol–water partition coefficient (Wildman–Crippen LogP) is 6.39. The van der Waals surface area contributed by atoms with Crippen molar-refractivity contribution < 1.29 is 4.79 Å². The Labute approximate surface area is 201 Å². The SMILES string of the molecule is CCn1c(CSCc2ccc(Cl)cc2Cl)nnc1SCC(=O)Nc1cc(C)cc(C)c1. The monoisotopic (exact) mass is 494 g/mol. The average molecular weight is 496 g/mol. The molecule has 1 aromatic heterocycles. The standard InChI is InChI=1S/C22H24Cl2N4OS2/c1-4-28-20(12-30-11-16-5-6-17(23)10-19(16)24)26-27-22(28)31-13-21(29)25-18-8-14(2)7-15(3)9-18/h5-10H,4,11-13H2,1-3H3,(H,25,29). The fraction of sp³-hybridized carbons (Fsp3) is 0.318. The van der Waals surface area contributed by atoms with Crippen molar-refractivity contribution in [2.24, 2.45) is 0 Å². The van der Waals surface area contributed by atoms with Crippen LogP contribution in [0.3, 0.4) is 0 Å². The van der Waals surface area contributed by atoms with Crippen LogP contribution in [0.25, 0.3) is 0 Å². The quantitative estimate of drug-likeness (QED) is 0.349. The molecule has 1 amide bonds. The van der Waals surface area contributed by atoms with Crippen molar-refractivity contribution in [3.05, 3.63) is 69.0 Å². The first-order valence-corrected chi connectivity index (χ1v) is 12.7. The smallest absolute Gasteiger partial charge is 0.234 e. The summed E-state index contributed by atoms with van der Waals surface area (Å²) in [5.74, 6) is 2.56. The molecule has 0 atom stereocenters. The maximum atomic E-state index is 12.4. The van der Waals surface area contributed by atoms with Gasteiger partial charge in [0.2, 0.25) is 5.91 Å². The van der Waals surface area contributed by atoms with Gasteiger partial charge in [-0.15, -0.1) is 22.0 Å². The zero-order valence-corrected chi connectivity index (χ0v) is 20.8. The van der Waals surface area contributed by atoms with E-state index >= 15 is 0 Å². The summed E-state index contributed by atoms with van der Waals surface area (Å²) in [4.78, 5) is 12.4. The number of hydrogen-bond donors (Lipinski definition) is 1. The number of halogens is 2. The van der Waals surface area contributed by atoms with Crippen LogP contribution in [0, 0.1) is 13.8 Å². The van der Waals surface area contributed by atoms with Crippen LogP contribution in [0.2, 0.25) is 10.0 Å². The van der Waals surface area contributed by atoms with Gasteiger partial charge in [0.1, 0.15) is 5.82 Å². The molecule has 0 fully saturated rings. The van der Waals surface area contributed by atoms with Gasteiger partial charge in [0.15, 0.2) is 5.16 Å². The fourth-order valence-electron chi connectivity index (χ4n) is 3.12. The zero-order valence-electron chi connectivity index (χ0n) is 17.6. The maximum Gasteiger partial charge on any atom is 0.234 e. The lowest BCUT2D eigenvalue weighted by atomic mass is 10.1. The first-order valence-electron chi connectivity index (χ1n) is 9.80. The highest BCUT2D eigenvalue weighted by Gasteiger charge is 2.14. The molecule has 0 unspecified atom stereocenters. The van der Waals surface area contributed by atoms with E-state index in [1.165, 1.54) is 11.8 Å². The molecule has 31 heavy (non-hydrogen) atoms. The van der Waals surface area contributed by atoms with Gasteiger partial charge in [0.25, 0.3) is 0 Å². The lowest BCUT2D eigenvalue weighted by Gasteiger charge is -2.09. The van der Waals surface area contributed by atoms with Crippen LogP contribution in [-0.2, 0) is 22.8 Å². The summed E-state index contributed by atoms with van der Waals surface area (Å²) in [6.45, 7) is 6.82. The predicted molar refractivity (Wildman–Crippen MR) is 132 cm³/mol. The molecule has 0 saturated heterocycles. The molecule has 5 nitrogen and oxygen atoms in total. The normalized spacial score (nSPS) is 11.0. The van der Waals surface area contributed by atoms with E-state index in [4.69, 9.17) is 23.2 Å². The number of carbonyl (C=O) groups excluding carboxylic acids is 1. The lowest BCUT2D eigenvalue weighted by Crippen LogP contribution is -2.15. The van der Waals surface area contributed by atoms with Gasteiger partial charge in [-0.2, -0.15) is 0 Å². The minimum Gasteiger partial charge on any atom is -0.325 e. The summed E-state index contributed by atoms with van der Waals surface area (Å²) < 4.78 is 2.05. The van der Waals surface area contributed by atoms with Crippen LogP contribution in [0.15, 0.2) is 41.6 Å². The van der Waals surface area contributed by atoms with Crippen LogP contribution in [0.1, 0.15) is 29.4 Å². The van der Waals surface area contributed by atoms with Crippen LogP contribution in [0.4, 0.5) is 5.69 Å². The molecule has 0 saturated carbocycles. The summed E-state index contributed by atoms with van der Waals surface area (Å²) in [7, 11) is 0. The number of aromatic nitrogens is 3. The number of aryl methyl sites for hydroxylation is 2. The van der Waals surface area contributed by atoms with E-state index in [1.807, 2.05) is 49.6 Å². The molecule has 0 aliphatic heterocycles. The average Bonchev–Trinajstić information content (AvgIpc) is 3.09. The molecule has 2 aromatic carbocycles. The van der Waals surface area contributed by atoms with Crippen LogP contribution in [0.5, 0.6) is 0 Å². The Morgan fingerprint density at radius 2 is 1.81 bits per heavy atom. The molecule has 1 heterocycles. The second-order valence-corrected chi connectivity index (χ2v) is 9.86. The van der Waals surface area contributed by atoms with E-state index in [-0.39, 0.29) is 11.7 Å². The molecule has 3 aromatic rings. The lowest BCUT2D eigenvalue weighted by molar-refractivity contribution is -0.113. The van der Waals surface area contributed by atoms with Gasteiger partial charge in [0.05, 0.1) is 11.5 Å². The van der Waals surface area contributed by atoms with E-state index in [1.54, 1.807) is 17.8 Å². The molecule has 1 N–H and O–H groups in total. The van der Waals surface area contributed by atoms with Gasteiger partial charge < -0.3 is 9.88 Å². The minimum absolute atomic E-state index is 0.0611. The Hall–Kier alpha value is -1.67. The number of carbonyl (C=O) groups is 1. The first-order chi connectivity index (χ1) is 14.9. The highest BCUT2D eigenvalue weighted by atomic mass is 35.5. The number of thioether (sulfide) groups is 2. The second kappa shape index (κ2) is 11.3. The molecule has 0 aliphatic rings. The number of rotatable bonds is 9. The second-order valence-electron chi connectivity index (χ2n) is 7.08.